The molecule has 0 spiro atoms. The van der Waals surface area contributed by atoms with Crippen LogP contribution in [0.15, 0.2) is 30.2 Å². The third kappa shape index (κ3) is 2.96. The van der Waals surface area contributed by atoms with E-state index in [1.165, 1.54) is 0 Å². The summed E-state index contributed by atoms with van der Waals surface area (Å²) < 4.78 is 12.1. The number of fused-ring (bicyclic) bond motifs is 1. The van der Waals surface area contributed by atoms with Crippen molar-refractivity contribution in [2.45, 2.75) is 18.9 Å². The first kappa shape index (κ1) is 15.1. The van der Waals surface area contributed by atoms with Gasteiger partial charge in [-0.15, -0.1) is 11.3 Å². The Morgan fingerprint density at radius 3 is 2.67 bits per heavy atom. The first-order valence-electron chi connectivity index (χ1n) is 7.79. The molecule has 4 rings (SSSR count). The van der Waals surface area contributed by atoms with Crippen LogP contribution in [0.4, 0.5) is 5.82 Å². The summed E-state index contributed by atoms with van der Waals surface area (Å²) in [6.45, 7) is 1.79. The second kappa shape index (κ2) is 6.56. The minimum absolute atomic E-state index is 0.121. The largest absolute Gasteiger partial charge is 0.494 e. The maximum atomic E-state index is 5.88. The van der Waals surface area contributed by atoms with Crippen molar-refractivity contribution in [2.75, 3.05) is 25.1 Å². The fourth-order valence-corrected chi connectivity index (χ4v) is 3.67. The van der Waals surface area contributed by atoms with Crippen molar-refractivity contribution in [3.8, 4) is 11.8 Å². The highest BCUT2D eigenvalue weighted by atomic mass is 32.1. The first-order valence-corrected chi connectivity index (χ1v) is 8.67. The summed E-state index contributed by atoms with van der Waals surface area (Å²) in [6, 6.07) is 2.43. The Hall–Kier alpha value is -2.48. The number of piperidine rings is 1. The van der Waals surface area contributed by atoms with E-state index in [1.54, 1.807) is 37.2 Å². The summed E-state index contributed by atoms with van der Waals surface area (Å²) >= 11 is 1.68. The van der Waals surface area contributed by atoms with E-state index in [2.05, 4.69) is 30.2 Å². The molecule has 0 unspecified atom stereocenters. The fraction of sp³-hybridized carbons (Fsp3) is 0.375. The van der Waals surface area contributed by atoms with Gasteiger partial charge in [0.05, 0.1) is 29.7 Å². The van der Waals surface area contributed by atoms with Crippen LogP contribution in [0.2, 0.25) is 0 Å². The van der Waals surface area contributed by atoms with Crippen LogP contribution in [0, 0.1) is 0 Å². The molecule has 0 atom stereocenters. The summed E-state index contributed by atoms with van der Waals surface area (Å²) in [5.74, 6) is 1.65. The number of thiophene rings is 1. The van der Waals surface area contributed by atoms with Crippen molar-refractivity contribution in [1.82, 2.24) is 19.9 Å². The van der Waals surface area contributed by atoms with E-state index >= 15 is 0 Å². The van der Waals surface area contributed by atoms with E-state index in [4.69, 9.17) is 9.47 Å². The molecule has 1 aliphatic rings. The molecule has 0 N–H and O–H groups in total. The molecule has 1 aliphatic heterocycles. The fourth-order valence-electron chi connectivity index (χ4n) is 2.81. The lowest BCUT2D eigenvalue weighted by atomic mass is 10.1. The smallest absolute Gasteiger partial charge is 0.316 e. The van der Waals surface area contributed by atoms with Gasteiger partial charge in [0, 0.05) is 25.9 Å². The minimum atomic E-state index is 0.121. The molecular formula is C16H17N5O2S. The van der Waals surface area contributed by atoms with Gasteiger partial charge in [-0.05, 0) is 11.4 Å². The lowest BCUT2D eigenvalue weighted by Crippen LogP contribution is -2.39. The zero-order valence-electron chi connectivity index (χ0n) is 13.3. The summed E-state index contributed by atoms with van der Waals surface area (Å²) in [6.07, 6.45) is 6.81. The molecule has 8 heteroatoms. The molecule has 24 heavy (non-hydrogen) atoms. The van der Waals surface area contributed by atoms with Crippen molar-refractivity contribution in [3.05, 3.63) is 30.2 Å². The van der Waals surface area contributed by atoms with E-state index in [9.17, 15) is 0 Å². The van der Waals surface area contributed by atoms with Gasteiger partial charge in [-0.1, -0.05) is 0 Å². The Labute approximate surface area is 143 Å². The zero-order valence-corrected chi connectivity index (χ0v) is 14.1. The average Bonchev–Trinajstić information content (AvgIpc) is 3.12. The van der Waals surface area contributed by atoms with Gasteiger partial charge in [-0.25, -0.2) is 9.97 Å². The van der Waals surface area contributed by atoms with Gasteiger partial charge in [0.15, 0.2) is 5.75 Å². The van der Waals surface area contributed by atoms with Crippen molar-refractivity contribution in [2.24, 2.45) is 0 Å². The predicted octanol–water partition coefficient (Wildman–Crippen LogP) is 2.54. The number of hydrogen-bond donors (Lipinski definition) is 0. The maximum Gasteiger partial charge on any atom is 0.316 e. The van der Waals surface area contributed by atoms with Gasteiger partial charge in [0.25, 0.3) is 0 Å². The number of hydrogen-bond acceptors (Lipinski definition) is 8. The molecule has 1 fully saturated rings. The Morgan fingerprint density at radius 2 is 1.92 bits per heavy atom. The average molecular weight is 343 g/mol. The van der Waals surface area contributed by atoms with Crippen LogP contribution >= 0.6 is 11.3 Å². The van der Waals surface area contributed by atoms with Gasteiger partial charge >= 0.3 is 6.01 Å². The predicted molar refractivity (Wildman–Crippen MR) is 91.9 cm³/mol. The highest BCUT2D eigenvalue weighted by Gasteiger charge is 2.23. The monoisotopic (exact) mass is 343 g/mol. The lowest BCUT2D eigenvalue weighted by Gasteiger charge is -2.32. The highest BCUT2D eigenvalue weighted by Crippen LogP contribution is 2.30. The van der Waals surface area contributed by atoms with Crippen LogP contribution in [0.1, 0.15) is 12.8 Å². The quantitative estimate of drug-likeness (QED) is 0.720. The van der Waals surface area contributed by atoms with Crippen LogP contribution < -0.4 is 14.4 Å². The molecule has 3 aromatic heterocycles. The van der Waals surface area contributed by atoms with E-state index in [0.717, 1.165) is 42.0 Å². The van der Waals surface area contributed by atoms with E-state index in [1.807, 2.05) is 6.07 Å². The molecule has 0 aliphatic carbocycles. The van der Waals surface area contributed by atoms with Crippen molar-refractivity contribution >= 4 is 27.4 Å². The second-order valence-electron chi connectivity index (χ2n) is 5.54. The van der Waals surface area contributed by atoms with Gasteiger partial charge in [0.2, 0.25) is 0 Å². The number of rotatable bonds is 4. The third-order valence-corrected chi connectivity index (χ3v) is 4.98. The standard InChI is InChI=1S/C16H17N5O2S/c1-22-12-8-17-16(18-9-12)23-11-2-5-21(6-3-11)15-14-13(4-7-24-14)19-10-20-15/h4,7-11H,2-3,5-6H2,1H3. The lowest BCUT2D eigenvalue weighted by molar-refractivity contribution is 0.156. The van der Waals surface area contributed by atoms with Crippen LogP contribution in [-0.4, -0.2) is 46.2 Å². The molecule has 0 amide bonds. The summed E-state index contributed by atoms with van der Waals surface area (Å²) in [5.41, 5.74) is 1.01. The molecule has 0 bridgehead atoms. The van der Waals surface area contributed by atoms with Gasteiger partial charge in [-0.3, -0.25) is 0 Å². The molecule has 3 aromatic rings. The highest BCUT2D eigenvalue weighted by molar-refractivity contribution is 7.17. The van der Waals surface area contributed by atoms with Gasteiger partial charge in [0.1, 0.15) is 18.2 Å². The Bertz CT molecular complexity index is 815. The number of nitrogens with zero attached hydrogens (tertiary/aromatic N) is 5. The molecule has 0 saturated carbocycles. The Balaban J connectivity index is 1.40. The van der Waals surface area contributed by atoms with E-state index in [0.29, 0.717) is 11.8 Å². The van der Waals surface area contributed by atoms with Gasteiger partial charge in [-0.2, -0.15) is 9.97 Å². The third-order valence-electron chi connectivity index (χ3n) is 4.08. The van der Waals surface area contributed by atoms with Gasteiger partial charge < -0.3 is 14.4 Å². The molecule has 0 aromatic carbocycles. The Kier molecular flexibility index (Phi) is 4.12. The molecular weight excluding hydrogens is 326 g/mol. The molecule has 4 heterocycles. The van der Waals surface area contributed by atoms with Crippen molar-refractivity contribution in [3.63, 3.8) is 0 Å². The van der Waals surface area contributed by atoms with Crippen LogP contribution in [0.3, 0.4) is 0 Å². The SMILES string of the molecule is COc1cnc(OC2CCN(c3ncnc4ccsc34)CC2)nc1. The maximum absolute atomic E-state index is 5.88. The van der Waals surface area contributed by atoms with E-state index < -0.39 is 0 Å². The normalized spacial score (nSPS) is 15.6. The number of aromatic nitrogens is 4. The second-order valence-corrected chi connectivity index (χ2v) is 6.46. The van der Waals surface area contributed by atoms with Crippen molar-refractivity contribution in [1.29, 1.82) is 0 Å². The summed E-state index contributed by atoms with van der Waals surface area (Å²) in [4.78, 5) is 19.4. The van der Waals surface area contributed by atoms with Crippen LogP contribution in [-0.2, 0) is 0 Å². The molecule has 0 radical (unpaired) electrons. The van der Waals surface area contributed by atoms with Crippen LogP contribution in [0.25, 0.3) is 10.2 Å². The minimum Gasteiger partial charge on any atom is -0.494 e. The molecule has 124 valence electrons. The summed E-state index contributed by atoms with van der Waals surface area (Å²) in [5, 5.41) is 2.06. The van der Waals surface area contributed by atoms with Crippen molar-refractivity contribution < 1.29 is 9.47 Å². The molecule has 7 nitrogen and oxygen atoms in total. The Morgan fingerprint density at radius 1 is 1.12 bits per heavy atom. The van der Waals surface area contributed by atoms with Crippen LogP contribution in [0.5, 0.6) is 11.8 Å². The topological polar surface area (TPSA) is 73.3 Å². The number of ether oxygens (including phenoxy) is 2. The zero-order chi connectivity index (χ0) is 16.4. The molecule has 1 saturated heterocycles. The first-order chi connectivity index (χ1) is 11.8. The summed E-state index contributed by atoms with van der Waals surface area (Å²) in [7, 11) is 1.59. The van der Waals surface area contributed by atoms with E-state index in [-0.39, 0.29) is 6.10 Å². The number of anilines is 1. The number of methoxy groups -OCH3 is 1.